The molecule has 6 nitrogen and oxygen atoms in total. The van der Waals surface area contributed by atoms with Gasteiger partial charge in [0.15, 0.2) is 12.2 Å². The third kappa shape index (κ3) is 9.21. The van der Waals surface area contributed by atoms with Gasteiger partial charge in [0.05, 0.1) is 6.61 Å². The van der Waals surface area contributed by atoms with Crippen LogP contribution in [0.5, 0.6) is 0 Å². The SMILES string of the molecule is CCCCOC[C@H]1OC(=O)[C@H](OCCCC)[C@@H](OCCCC)[C@H]1OCCCC. The molecular formula is C22H42O6. The Morgan fingerprint density at radius 3 is 1.79 bits per heavy atom. The molecule has 0 bridgehead atoms. The summed E-state index contributed by atoms with van der Waals surface area (Å²) < 4.78 is 29.6. The van der Waals surface area contributed by atoms with Crippen LogP contribution in [0.4, 0.5) is 0 Å². The average molecular weight is 403 g/mol. The quantitative estimate of drug-likeness (QED) is 0.267. The summed E-state index contributed by atoms with van der Waals surface area (Å²) in [7, 11) is 0. The van der Waals surface area contributed by atoms with E-state index in [1.165, 1.54) is 0 Å². The van der Waals surface area contributed by atoms with E-state index in [2.05, 4.69) is 27.7 Å². The third-order valence-corrected chi connectivity index (χ3v) is 4.82. The number of cyclic esters (lactones) is 1. The molecule has 6 heteroatoms. The zero-order chi connectivity index (χ0) is 20.6. The minimum Gasteiger partial charge on any atom is -0.455 e. The van der Waals surface area contributed by atoms with E-state index in [4.69, 9.17) is 23.7 Å². The van der Waals surface area contributed by atoms with Crippen molar-refractivity contribution in [1.82, 2.24) is 0 Å². The van der Waals surface area contributed by atoms with Crippen molar-refractivity contribution in [3.05, 3.63) is 0 Å². The Morgan fingerprint density at radius 2 is 1.21 bits per heavy atom. The molecule has 0 saturated carbocycles. The van der Waals surface area contributed by atoms with Crippen molar-refractivity contribution < 1.29 is 28.5 Å². The van der Waals surface area contributed by atoms with Gasteiger partial charge in [-0.2, -0.15) is 0 Å². The Kier molecular flexibility index (Phi) is 14.6. The summed E-state index contributed by atoms with van der Waals surface area (Å²) in [4.78, 5) is 12.7. The van der Waals surface area contributed by atoms with Gasteiger partial charge in [0, 0.05) is 26.4 Å². The second-order valence-electron chi connectivity index (χ2n) is 7.43. The normalized spacial score (nSPS) is 25.1. The third-order valence-electron chi connectivity index (χ3n) is 4.82. The molecule has 1 aliphatic heterocycles. The molecule has 0 aliphatic carbocycles. The highest BCUT2D eigenvalue weighted by Crippen LogP contribution is 2.26. The van der Waals surface area contributed by atoms with Gasteiger partial charge in [0.25, 0.3) is 0 Å². The van der Waals surface area contributed by atoms with Gasteiger partial charge >= 0.3 is 5.97 Å². The molecule has 0 amide bonds. The maximum absolute atomic E-state index is 12.7. The molecule has 0 aromatic carbocycles. The van der Waals surface area contributed by atoms with Gasteiger partial charge in [-0.3, -0.25) is 0 Å². The summed E-state index contributed by atoms with van der Waals surface area (Å²) in [6, 6.07) is 0. The van der Waals surface area contributed by atoms with E-state index in [1.54, 1.807) is 0 Å². The molecule has 1 fully saturated rings. The molecular weight excluding hydrogens is 360 g/mol. The number of hydrogen-bond acceptors (Lipinski definition) is 6. The van der Waals surface area contributed by atoms with E-state index in [1.807, 2.05) is 0 Å². The van der Waals surface area contributed by atoms with Gasteiger partial charge in [-0.05, 0) is 25.7 Å². The highest BCUT2D eigenvalue weighted by molar-refractivity contribution is 5.77. The minimum absolute atomic E-state index is 0.331. The topological polar surface area (TPSA) is 63.2 Å². The van der Waals surface area contributed by atoms with E-state index < -0.39 is 18.3 Å². The second-order valence-corrected chi connectivity index (χ2v) is 7.43. The molecule has 0 unspecified atom stereocenters. The first-order valence-electron chi connectivity index (χ1n) is 11.3. The Morgan fingerprint density at radius 1 is 0.714 bits per heavy atom. The molecule has 0 N–H and O–H groups in total. The number of carbonyl (C=O) groups is 1. The number of carbonyl (C=O) groups excluding carboxylic acids is 1. The molecule has 1 heterocycles. The number of ether oxygens (including phenoxy) is 5. The largest absolute Gasteiger partial charge is 0.455 e. The first-order chi connectivity index (χ1) is 13.7. The Labute approximate surface area is 171 Å². The van der Waals surface area contributed by atoms with Crippen LogP contribution in [0.25, 0.3) is 0 Å². The number of hydrogen-bond donors (Lipinski definition) is 0. The molecule has 0 aromatic heterocycles. The van der Waals surface area contributed by atoms with E-state index in [0.717, 1.165) is 51.4 Å². The summed E-state index contributed by atoms with van der Waals surface area (Å²) in [5, 5.41) is 0. The lowest BCUT2D eigenvalue weighted by atomic mass is 9.98. The van der Waals surface area contributed by atoms with Crippen molar-refractivity contribution in [3.8, 4) is 0 Å². The van der Waals surface area contributed by atoms with Crippen LogP contribution in [-0.2, 0) is 28.5 Å². The van der Waals surface area contributed by atoms with Gasteiger partial charge in [-0.15, -0.1) is 0 Å². The van der Waals surface area contributed by atoms with E-state index >= 15 is 0 Å². The first kappa shape index (κ1) is 25.3. The lowest BCUT2D eigenvalue weighted by Crippen LogP contribution is -2.60. The maximum Gasteiger partial charge on any atom is 0.338 e. The van der Waals surface area contributed by atoms with Gasteiger partial charge in [-0.25, -0.2) is 4.79 Å². The van der Waals surface area contributed by atoms with Crippen molar-refractivity contribution in [2.75, 3.05) is 33.0 Å². The van der Waals surface area contributed by atoms with Crippen molar-refractivity contribution in [3.63, 3.8) is 0 Å². The molecule has 166 valence electrons. The average Bonchev–Trinajstić information content (AvgIpc) is 2.69. The molecule has 1 aliphatic rings. The lowest BCUT2D eigenvalue weighted by Gasteiger charge is -2.41. The molecule has 0 spiro atoms. The smallest absolute Gasteiger partial charge is 0.338 e. The molecule has 0 radical (unpaired) electrons. The molecule has 28 heavy (non-hydrogen) atoms. The van der Waals surface area contributed by atoms with E-state index in [-0.39, 0.29) is 12.1 Å². The molecule has 1 rings (SSSR count). The Bertz CT molecular complexity index is 389. The minimum atomic E-state index is -0.734. The monoisotopic (exact) mass is 402 g/mol. The van der Waals surface area contributed by atoms with Crippen molar-refractivity contribution in [2.24, 2.45) is 0 Å². The van der Waals surface area contributed by atoms with E-state index in [0.29, 0.717) is 33.0 Å². The fourth-order valence-electron chi connectivity index (χ4n) is 3.01. The second kappa shape index (κ2) is 16.1. The van der Waals surface area contributed by atoms with Crippen LogP contribution in [0.3, 0.4) is 0 Å². The highest BCUT2D eigenvalue weighted by Gasteiger charge is 2.48. The van der Waals surface area contributed by atoms with Crippen LogP contribution < -0.4 is 0 Å². The van der Waals surface area contributed by atoms with Crippen molar-refractivity contribution in [1.29, 1.82) is 0 Å². The number of rotatable bonds is 17. The Hall–Kier alpha value is -0.690. The first-order valence-corrected chi connectivity index (χ1v) is 11.3. The standard InChI is InChI=1S/C22H42O6/c1-5-9-13-24-17-18-19(25-14-10-6-2)20(26-15-11-7-3)21(22(23)28-18)27-16-12-8-4/h18-21H,5-17H2,1-4H3/t18-,19+,20+,21-/m1/s1. The maximum atomic E-state index is 12.7. The summed E-state index contributed by atoms with van der Waals surface area (Å²) in [5.74, 6) is -0.364. The zero-order valence-electron chi connectivity index (χ0n) is 18.5. The zero-order valence-corrected chi connectivity index (χ0v) is 18.5. The van der Waals surface area contributed by atoms with Gasteiger partial charge in [0.2, 0.25) is 0 Å². The molecule has 1 saturated heterocycles. The van der Waals surface area contributed by atoms with Crippen LogP contribution in [0, 0.1) is 0 Å². The fourth-order valence-corrected chi connectivity index (χ4v) is 3.01. The fraction of sp³-hybridized carbons (Fsp3) is 0.955. The number of esters is 1. The highest BCUT2D eigenvalue weighted by atomic mass is 16.6. The summed E-state index contributed by atoms with van der Waals surface area (Å²) >= 11 is 0. The summed E-state index contributed by atoms with van der Waals surface area (Å²) in [6.45, 7) is 11.2. The van der Waals surface area contributed by atoms with Crippen LogP contribution >= 0.6 is 0 Å². The summed E-state index contributed by atoms with van der Waals surface area (Å²) in [6.07, 6.45) is 5.91. The predicted octanol–water partition coefficient (Wildman–Crippen LogP) is 4.28. The lowest BCUT2D eigenvalue weighted by molar-refractivity contribution is -0.233. The Balaban J connectivity index is 2.86. The van der Waals surface area contributed by atoms with Crippen molar-refractivity contribution >= 4 is 5.97 Å². The van der Waals surface area contributed by atoms with Gasteiger partial charge in [0.1, 0.15) is 12.2 Å². The molecule has 4 atom stereocenters. The van der Waals surface area contributed by atoms with Crippen molar-refractivity contribution in [2.45, 2.75) is 103 Å². The van der Waals surface area contributed by atoms with Crippen LogP contribution in [0.1, 0.15) is 79.1 Å². The van der Waals surface area contributed by atoms with Gasteiger partial charge in [-0.1, -0.05) is 53.4 Å². The van der Waals surface area contributed by atoms with Crippen LogP contribution in [0.15, 0.2) is 0 Å². The summed E-state index contributed by atoms with van der Waals surface area (Å²) in [5.41, 5.74) is 0. The van der Waals surface area contributed by atoms with Crippen LogP contribution in [0.2, 0.25) is 0 Å². The predicted molar refractivity (Wildman–Crippen MR) is 110 cm³/mol. The van der Waals surface area contributed by atoms with E-state index in [9.17, 15) is 4.79 Å². The molecule has 0 aromatic rings. The van der Waals surface area contributed by atoms with Crippen LogP contribution in [-0.4, -0.2) is 63.4 Å². The van der Waals surface area contributed by atoms with Gasteiger partial charge < -0.3 is 23.7 Å². The number of unbranched alkanes of at least 4 members (excludes halogenated alkanes) is 4.